The van der Waals surface area contributed by atoms with Crippen LogP contribution in [-0.4, -0.2) is 59.9 Å². The minimum atomic E-state index is -4.71. The van der Waals surface area contributed by atoms with Gasteiger partial charge in [-0.25, -0.2) is 4.57 Å². The van der Waals surface area contributed by atoms with Crippen LogP contribution in [-0.2, 0) is 37.5 Å². The zero-order valence-corrected chi connectivity index (χ0v) is 33.0. The number of unbranched alkanes of at least 4 members (excludes halogenated alkanes) is 14. The van der Waals surface area contributed by atoms with E-state index < -0.39 is 51.1 Å². The molecule has 0 aliphatic rings. The Morgan fingerprint density at radius 1 is 0.615 bits per heavy atom. The SMILES string of the molecule is CC/C=C\C/C=C\C/C=C\C/C=C\CCCCCCCCCCC(=O)OC(COC(=O)CCCCCCCCC)COP(=O)(O)OCC(N)C(=O)O. The summed E-state index contributed by atoms with van der Waals surface area (Å²) in [5, 5.41) is 8.85. The molecule has 3 unspecified atom stereocenters. The van der Waals surface area contributed by atoms with E-state index in [2.05, 4.69) is 67.0 Å². The van der Waals surface area contributed by atoms with E-state index in [9.17, 15) is 23.8 Å². The van der Waals surface area contributed by atoms with Crippen LogP contribution in [0.3, 0.4) is 0 Å². The summed E-state index contributed by atoms with van der Waals surface area (Å²) in [5.41, 5.74) is 5.31. The van der Waals surface area contributed by atoms with Gasteiger partial charge in [-0.3, -0.25) is 23.4 Å². The van der Waals surface area contributed by atoms with Crippen LogP contribution < -0.4 is 5.73 Å². The fourth-order valence-corrected chi connectivity index (χ4v) is 5.77. The summed E-state index contributed by atoms with van der Waals surface area (Å²) in [6.07, 6.45) is 37.8. The second-order valence-electron chi connectivity index (χ2n) is 13.0. The highest BCUT2D eigenvalue weighted by Gasteiger charge is 2.28. The van der Waals surface area contributed by atoms with Crippen LogP contribution in [0.15, 0.2) is 48.6 Å². The molecule has 0 aromatic carbocycles. The molecule has 11 nitrogen and oxygen atoms in total. The number of allylic oxidation sites excluding steroid dienone is 8. The van der Waals surface area contributed by atoms with Gasteiger partial charge in [0.1, 0.15) is 12.6 Å². The summed E-state index contributed by atoms with van der Waals surface area (Å²) in [7, 11) is -4.71. The van der Waals surface area contributed by atoms with E-state index in [-0.39, 0.29) is 19.4 Å². The Kier molecular flexibility index (Phi) is 33.7. The zero-order chi connectivity index (χ0) is 38.5. The first-order valence-corrected chi connectivity index (χ1v) is 21.2. The van der Waals surface area contributed by atoms with Crippen molar-refractivity contribution in [2.75, 3.05) is 19.8 Å². The van der Waals surface area contributed by atoms with Crippen LogP contribution in [0.2, 0.25) is 0 Å². The second kappa shape index (κ2) is 35.5. The van der Waals surface area contributed by atoms with Crippen molar-refractivity contribution < 1.29 is 47.5 Å². The number of esters is 2. The zero-order valence-electron chi connectivity index (χ0n) is 32.1. The highest BCUT2D eigenvalue weighted by Crippen LogP contribution is 2.43. The summed E-state index contributed by atoms with van der Waals surface area (Å²) < 4.78 is 32.5. The van der Waals surface area contributed by atoms with Gasteiger partial charge in [0.05, 0.1) is 13.2 Å². The van der Waals surface area contributed by atoms with Crippen molar-refractivity contribution in [3.8, 4) is 0 Å². The highest BCUT2D eigenvalue weighted by atomic mass is 31.2. The first-order chi connectivity index (χ1) is 25.1. The molecular weight excluding hydrogens is 685 g/mol. The molecule has 0 spiro atoms. The van der Waals surface area contributed by atoms with Gasteiger partial charge in [0.15, 0.2) is 6.10 Å². The normalized spacial score (nSPS) is 14.4. The van der Waals surface area contributed by atoms with Gasteiger partial charge in [0.25, 0.3) is 0 Å². The lowest BCUT2D eigenvalue weighted by Crippen LogP contribution is -2.34. The number of rotatable bonds is 36. The number of carbonyl (C=O) groups excluding carboxylic acids is 2. The fourth-order valence-electron chi connectivity index (χ4n) is 5.00. The number of carbonyl (C=O) groups is 3. The molecule has 0 rings (SSSR count). The second-order valence-corrected chi connectivity index (χ2v) is 14.5. The van der Waals surface area contributed by atoms with Crippen molar-refractivity contribution in [2.24, 2.45) is 5.73 Å². The minimum absolute atomic E-state index is 0.151. The van der Waals surface area contributed by atoms with E-state index in [1.54, 1.807) is 0 Å². The molecule has 300 valence electrons. The molecule has 0 amide bonds. The molecule has 0 fully saturated rings. The van der Waals surface area contributed by atoms with Crippen LogP contribution >= 0.6 is 7.82 Å². The van der Waals surface area contributed by atoms with Crippen molar-refractivity contribution in [1.29, 1.82) is 0 Å². The van der Waals surface area contributed by atoms with Crippen molar-refractivity contribution in [3.63, 3.8) is 0 Å². The lowest BCUT2D eigenvalue weighted by Gasteiger charge is -2.20. The van der Waals surface area contributed by atoms with Crippen LogP contribution in [0.1, 0.15) is 155 Å². The summed E-state index contributed by atoms with van der Waals surface area (Å²) in [5.74, 6) is -2.40. The van der Waals surface area contributed by atoms with Crippen molar-refractivity contribution in [1.82, 2.24) is 0 Å². The Bertz CT molecular complexity index is 1070. The molecule has 0 radical (unpaired) electrons. The van der Waals surface area contributed by atoms with Crippen molar-refractivity contribution in [3.05, 3.63) is 48.6 Å². The predicted molar refractivity (Wildman–Crippen MR) is 208 cm³/mol. The van der Waals surface area contributed by atoms with Gasteiger partial charge in [-0.2, -0.15) is 0 Å². The Hall–Kier alpha value is -2.56. The van der Waals surface area contributed by atoms with E-state index in [1.165, 1.54) is 38.5 Å². The van der Waals surface area contributed by atoms with E-state index >= 15 is 0 Å². The van der Waals surface area contributed by atoms with Crippen LogP contribution in [0.4, 0.5) is 0 Å². The van der Waals surface area contributed by atoms with E-state index in [4.69, 9.17) is 24.8 Å². The lowest BCUT2D eigenvalue weighted by atomic mass is 10.1. The van der Waals surface area contributed by atoms with Gasteiger partial charge in [-0.05, 0) is 51.4 Å². The molecule has 0 aromatic heterocycles. The van der Waals surface area contributed by atoms with Gasteiger partial charge in [-0.15, -0.1) is 0 Å². The van der Waals surface area contributed by atoms with Crippen LogP contribution in [0.5, 0.6) is 0 Å². The maximum atomic E-state index is 12.6. The predicted octanol–water partition coefficient (Wildman–Crippen LogP) is 9.83. The molecule has 0 saturated heterocycles. The molecule has 12 heteroatoms. The van der Waals surface area contributed by atoms with Crippen molar-refractivity contribution >= 4 is 25.7 Å². The molecular formula is C40H70NO10P. The average Bonchev–Trinajstić information content (AvgIpc) is 3.12. The lowest BCUT2D eigenvalue weighted by molar-refractivity contribution is -0.161. The number of hydrogen-bond donors (Lipinski definition) is 3. The topological polar surface area (TPSA) is 172 Å². The van der Waals surface area contributed by atoms with Gasteiger partial charge in [0, 0.05) is 12.8 Å². The van der Waals surface area contributed by atoms with Crippen molar-refractivity contribution in [2.45, 2.75) is 167 Å². The molecule has 0 heterocycles. The third-order valence-corrected chi connectivity index (χ3v) is 9.04. The average molecular weight is 756 g/mol. The summed E-state index contributed by atoms with van der Waals surface area (Å²) in [4.78, 5) is 45.6. The van der Waals surface area contributed by atoms with Crippen LogP contribution in [0.25, 0.3) is 0 Å². The Balaban J connectivity index is 4.30. The number of carboxylic acid groups (broad SMARTS) is 1. The molecule has 3 atom stereocenters. The summed E-state index contributed by atoms with van der Waals surface area (Å²) in [6.45, 7) is 2.61. The summed E-state index contributed by atoms with van der Waals surface area (Å²) in [6, 6.07) is -1.52. The number of aliphatic carboxylic acids is 1. The smallest absolute Gasteiger partial charge is 0.472 e. The largest absolute Gasteiger partial charge is 0.480 e. The number of phosphoric acid groups is 1. The number of nitrogens with two attached hydrogens (primary N) is 1. The first-order valence-electron chi connectivity index (χ1n) is 19.7. The van der Waals surface area contributed by atoms with Gasteiger partial charge in [0.2, 0.25) is 0 Å². The molecule has 0 aromatic rings. The highest BCUT2D eigenvalue weighted by molar-refractivity contribution is 7.47. The fraction of sp³-hybridized carbons (Fsp3) is 0.725. The molecule has 0 bridgehead atoms. The van der Waals surface area contributed by atoms with E-state index in [0.717, 1.165) is 77.0 Å². The molecule has 4 N–H and O–H groups in total. The molecule has 0 aliphatic carbocycles. The molecule has 52 heavy (non-hydrogen) atoms. The third kappa shape index (κ3) is 34.5. The van der Waals surface area contributed by atoms with Gasteiger partial charge in [-0.1, -0.05) is 140 Å². The third-order valence-electron chi connectivity index (χ3n) is 8.09. The molecule has 0 saturated carbocycles. The first kappa shape index (κ1) is 49.4. The Morgan fingerprint density at radius 3 is 1.62 bits per heavy atom. The monoisotopic (exact) mass is 755 g/mol. The number of ether oxygens (including phenoxy) is 2. The van der Waals surface area contributed by atoms with Gasteiger partial charge < -0.3 is 25.2 Å². The minimum Gasteiger partial charge on any atom is -0.480 e. The Labute approximate surface area is 314 Å². The summed E-state index contributed by atoms with van der Waals surface area (Å²) >= 11 is 0. The standard InChI is InChI=1S/C40H70NO10P/c1-3-5-7-9-11-12-13-14-15-16-17-18-19-20-21-22-23-24-26-28-30-32-39(43)51-36(34-49-52(46,47)50-35-37(41)40(44)45)33-48-38(42)31-29-27-25-10-8-6-4-2/h5,7,11-12,14-15,17-18,36-37H,3-4,6,8-10,13,16,19-35,41H2,1-2H3,(H,44,45)(H,46,47)/b7-5-,12-11-,15-14-,18-17-. The maximum absolute atomic E-state index is 12.6. The number of hydrogen-bond acceptors (Lipinski definition) is 9. The van der Waals surface area contributed by atoms with E-state index in [1.807, 2.05) is 0 Å². The van der Waals surface area contributed by atoms with Crippen LogP contribution in [0, 0.1) is 0 Å². The molecule has 0 aliphatic heterocycles. The van der Waals surface area contributed by atoms with Gasteiger partial charge >= 0.3 is 25.7 Å². The van der Waals surface area contributed by atoms with E-state index in [0.29, 0.717) is 12.8 Å². The number of phosphoric ester groups is 1. The Morgan fingerprint density at radius 2 is 1.08 bits per heavy atom. The number of carboxylic acids is 1. The maximum Gasteiger partial charge on any atom is 0.472 e. The quantitative estimate of drug-likeness (QED) is 0.0241.